The van der Waals surface area contributed by atoms with Crippen molar-refractivity contribution in [3.05, 3.63) is 29.8 Å². The third kappa shape index (κ3) is 15.4. The lowest BCUT2D eigenvalue weighted by Gasteiger charge is -2.36. The number of fused-ring (bicyclic) bond motifs is 1. The zero-order valence-electron chi connectivity index (χ0n) is 46.4. The highest BCUT2D eigenvalue weighted by Crippen LogP contribution is 2.27. The average Bonchev–Trinajstić information content (AvgIpc) is 4.08. The van der Waals surface area contributed by atoms with E-state index in [1.165, 1.54) is 51.8 Å². The fourth-order valence-corrected chi connectivity index (χ4v) is 9.81. The van der Waals surface area contributed by atoms with E-state index in [1.807, 2.05) is 13.8 Å². The van der Waals surface area contributed by atoms with Gasteiger partial charge in [-0.05, 0) is 88.3 Å². The van der Waals surface area contributed by atoms with Crippen LogP contribution in [0.2, 0.25) is 0 Å². The van der Waals surface area contributed by atoms with Crippen LogP contribution in [0.25, 0.3) is 0 Å². The number of nitrogens with zero attached hydrogens (tertiary/aromatic N) is 4. The third-order valence-corrected chi connectivity index (χ3v) is 14.9. The molecule has 22 heteroatoms. The van der Waals surface area contributed by atoms with E-state index in [2.05, 4.69) is 16.0 Å². The maximum atomic E-state index is 14.8. The molecule has 22 nitrogen and oxygen atoms in total. The van der Waals surface area contributed by atoms with E-state index in [0.717, 1.165) is 16.7 Å². The zero-order chi connectivity index (χ0) is 57.0. The molecule has 3 heterocycles. The van der Waals surface area contributed by atoms with E-state index in [9.17, 15) is 57.8 Å². The maximum Gasteiger partial charge on any atom is 0.329 e. The van der Waals surface area contributed by atoms with Crippen LogP contribution >= 0.6 is 0 Å². The van der Waals surface area contributed by atoms with Crippen LogP contribution in [0, 0.1) is 23.7 Å². The van der Waals surface area contributed by atoms with Gasteiger partial charge in [0.25, 0.3) is 5.91 Å². The van der Waals surface area contributed by atoms with Crippen molar-refractivity contribution in [2.24, 2.45) is 23.7 Å². The van der Waals surface area contributed by atoms with Gasteiger partial charge in [-0.1, -0.05) is 60.1 Å². The number of carbonyl (C=O) groups excluding carboxylic acids is 11. The number of aliphatic hydroxyl groups excluding tert-OH is 1. The van der Waals surface area contributed by atoms with Crippen molar-refractivity contribution in [1.29, 1.82) is 0 Å². The number of esters is 2. The first kappa shape index (κ1) is 62.1. The van der Waals surface area contributed by atoms with E-state index in [4.69, 9.17) is 14.2 Å². The molecule has 422 valence electrons. The lowest BCUT2D eigenvalue weighted by atomic mass is 9.91. The second-order valence-corrected chi connectivity index (χ2v) is 21.3. The van der Waals surface area contributed by atoms with E-state index < -0.39 is 150 Å². The number of hydrogen-bond donors (Lipinski definition) is 4. The molecule has 0 radical (unpaired) electrons. The number of carbonyl (C=O) groups is 11. The van der Waals surface area contributed by atoms with Gasteiger partial charge in [0, 0.05) is 40.5 Å². The number of ketones is 2. The molecule has 0 saturated carbocycles. The number of hydrogen-bond acceptors (Lipinski definition) is 15. The SMILES string of the molecule is CCC(C)C1NC(=O)C(NC(=O)C(C)N(C)C(=O)C2CCCN2C(=O)C(C)=O)C(C)OC(=O)C(Cc2ccc(OC)cc2)N(C)C(=O)C2CCCN2C(=O)C(CC(C)C)NC(=O)C(C)C(=O)C(C(C)C)OC(=O)CC1O. The number of methoxy groups -OCH3 is 1. The first-order valence-electron chi connectivity index (χ1n) is 26.5. The topological polar surface area (TPSA) is 285 Å². The molecule has 12 unspecified atom stereocenters. The Morgan fingerprint density at radius 1 is 0.882 bits per heavy atom. The van der Waals surface area contributed by atoms with Gasteiger partial charge < -0.3 is 54.9 Å². The summed E-state index contributed by atoms with van der Waals surface area (Å²) >= 11 is 0. The molecule has 0 aromatic heterocycles. The fraction of sp³-hybridized carbons (Fsp3) is 0.685. The largest absolute Gasteiger partial charge is 0.497 e. The Kier molecular flexibility index (Phi) is 22.5. The molecule has 4 N–H and O–H groups in total. The summed E-state index contributed by atoms with van der Waals surface area (Å²) in [5.41, 5.74) is 0.564. The summed E-state index contributed by atoms with van der Waals surface area (Å²) < 4.78 is 17.1. The smallest absolute Gasteiger partial charge is 0.329 e. The number of Topliss-reactive ketones (excluding diaryl/α,β-unsaturated/α-hetero) is 2. The van der Waals surface area contributed by atoms with Crippen LogP contribution in [-0.4, -0.2) is 184 Å². The minimum Gasteiger partial charge on any atom is -0.497 e. The van der Waals surface area contributed by atoms with Gasteiger partial charge in [-0.3, -0.25) is 47.9 Å². The molecule has 3 saturated heterocycles. The average molecular weight is 1070 g/mol. The molecule has 12 atom stereocenters. The number of likely N-dealkylation sites (tertiary alicyclic amines) is 1. The van der Waals surface area contributed by atoms with Gasteiger partial charge in [0.15, 0.2) is 11.9 Å². The van der Waals surface area contributed by atoms with Gasteiger partial charge in [0.1, 0.15) is 48.1 Å². The van der Waals surface area contributed by atoms with E-state index in [-0.39, 0.29) is 44.7 Å². The third-order valence-electron chi connectivity index (χ3n) is 14.9. The van der Waals surface area contributed by atoms with Crippen LogP contribution in [-0.2, 0) is 68.6 Å². The van der Waals surface area contributed by atoms with Crippen LogP contribution in [0.15, 0.2) is 24.3 Å². The normalized spacial score (nSPS) is 27.7. The van der Waals surface area contributed by atoms with Gasteiger partial charge in [-0.2, -0.15) is 0 Å². The Balaban J connectivity index is 1.84. The molecule has 1 aromatic carbocycles. The molecular weight excluding hydrogens is 987 g/mol. The minimum atomic E-state index is -1.77. The van der Waals surface area contributed by atoms with Crippen LogP contribution in [0.3, 0.4) is 0 Å². The summed E-state index contributed by atoms with van der Waals surface area (Å²) in [7, 11) is 4.19. The second kappa shape index (κ2) is 27.6. The number of benzene rings is 1. The summed E-state index contributed by atoms with van der Waals surface area (Å²) in [6, 6.07) is -2.36. The van der Waals surface area contributed by atoms with Crippen LogP contribution in [0.4, 0.5) is 0 Å². The van der Waals surface area contributed by atoms with Crippen molar-refractivity contribution >= 4 is 64.9 Å². The number of cyclic esters (lactones) is 2. The lowest BCUT2D eigenvalue weighted by molar-refractivity contribution is -0.163. The van der Waals surface area contributed by atoms with Crippen molar-refractivity contribution in [1.82, 2.24) is 35.6 Å². The number of likely N-dealkylation sites (N-methyl/N-ethyl adjacent to an activating group) is 2. The predicted octanol–water partition coefficient (Wildman–Crippen LogP) is 1.50. The van der Waals surface area contributed by atoms with Crippen molar-refractivity contribution in [2.45, 2.75) is 181 Å². The highest BCUT2D eigenvalue weighted by molar-refractivity contribution is 6.35. The minimum absolute atomic E-state index is 0.132. The Hall–Kier alpha value is -6.45. The molecular formula is C54H81N7O15. The Bertz CT molecular complexity index is 2310. The molecule has 3 aliphatic heterocycles. The van der Waals surface area contributed by atoms with E-state index in [0.29, 0.717) is 30.6 Å². The van der Waals surface area contributed by atoms with Gasteiger partial charge in [-0.15, -0.1) is 0 Å². The number of aliphatic hydroxyl groups is 1. The first-order chi connectivity index (χ1) is 35.6. The summed E-state index contributed by atoms with van der Waals surface area (Å²) in [4.78, 5) is 158. The Morgan fingerprint density at radius 3 is 2.09 bits per heavy atom. The molecule has 3 aliphatic rings. The van der Waals surface area contributed by atoms with Crippen molar-refractivity contribution in [3.8, 4) is 5.75 Å². The van der Waals surface area contributed by atoms with Gasteiger partial charge in [0.2, 0.25) is 41.2 Å². The molecule has 0 aliphatic carbocycles. The van der Waals surface area contributed by atoms with Crippen molar-refractivity contribution in [3.63, 3.8) is 0 Å². The summed E-state index contributed by atoms with van der Waals surface area (Å²) in [5, 5.41) is 19.8. The second-order valence-electron chi connectivity index (χ2n) is 21.3. The quantitative estimate of drug-likeness (QED) is 0.124. The molecule has 3 fully saturated rings. The van der Waals surface area contributed by atoms with Gasteiger partial charge in [0.05, 0.1) is 31.6 Å². The summed E-state index contributed by atoms with van der Waals surface area (Å²) in [6.07, 6.45) is -3.80. The number of ether oxygens (including phenoxy) is 3. The van der Waals surface area contributed by atoms with Crippen LogP contribution in [0.1, 0.15) is 120 Å². The molecule has 7 amide bonds. The number of rotatable bonds is 13. The summed E-state index contributed by atoms with van der Waals surface area (Å²) in [5.74, 6) is -11.2. The van der Waals surface area contributed by atoms with Crippen LogP contribution in [0.5, 0.6) is 5.75 Å². The fourth-order valence-electron chi connectivity index (χ4n) is 9.81. The van der Waals surface area contributed by atoms with Gasteiger partial charge >= 0.3 is 11.9 Å². The highest BCUT2D eigenvalue weighted by Gasteiger charge is 2.45. The highest BCUT2D eigenvalue weighted by atomic mass is 16.6. The standard InChI is InChI=1S/C54H81N7O15/c1-14-30(6)43-41(63)27-42(64)76-46(29(4)5)45(65)31(7)47(66)55-37(25-28(2)3)51(70)61-24-16-18-39(61)53(72)59(12)40(26-35-19-21-36(74-13)22-20-35)54(73)75-34(10)44(49(68)56-43)57-48(67)32(8)58(11)52(71)38-17-15-23-60(38)50(69)33(9)62/h19-22,28-32,34,37-41,43-44,46,63H,14-18,23-27H2,1-13H3,(H,55,66)(H,56,68)(H,57,67). The van der Waals surface area contributed by atoms with E-state index >= 15 is 0 Å². The molecule has 1 aromatic rings. The monoisotopic (exact) mass is 1070 g/mol. The van der Waals surface area contributed by atoms with Crippen molar-refractivity contribution < 1.29 is 72.1 Å². The van der Waals surface area contributed by atoms with Crippen molar-refractivity contribution in [2.75, 3.05) is 34.3 Å². The Morgan fingerprint density at radius 2 is 1.51 bits per heavy atom. The first-order valence-corrected chi connectivity index (χ1v) is 26.5. The van der Waals surface area contributed by atoms with Crippen LogP contribution < -0.4 is 20.7 Å². The number of nitrogens with one attached hydrogen (secondary N) is 3. The molecule has 0 spiro atoms. The molecule has 4 rings (SSSR count). The molecule has 76 heavy (non-hydrogen) atoms. The predicted molar refractivity (Wildman–Crippen MR) is 275 cm³/mol. The molecule has 0 bridgehead atoms. The maximum absolute atomic E-state index is 14.8. The summed E-state index contributed by atoms with van der Waals surface area (Å²) in [6.45, 7) is 15.8. The Labute approximate surface area is 446 Å². The number of amides is 7. The van der Waals surface area contributed by atoms with E-state index in [1.54, 1.807) is 52.0 Å². The van der Waals surface area contributed by atoms with Gasteiger partial charge in [-0.25, -0.2) is 4.79 Å². The zero-order valence-corrected chi connectivity index (χ0v) is 46.4. The lowest BCUT2D eigenvalue weighted by Crippen LogP contribution is -2.61.